The zero-order chi connectivity index (χ0) is 13.7. The summed E-state index contributed by atoms with van der Waals surface area (Å²) < 4.78 is 9.70. The van der Waals surface area contributed by atoms with Gasteiger partial charge in [0, 0.05) is 6.54 Å². The second kappa shape index (κ2) is 6.04. The number of amides is 1. The molecule has 100 valence electrons. The van der Waals surface area contributed by atoms with Crippen LogP contribution in [0.15, 0.2) is 34.9 Å². The van der Waals surface area contributed by atoms with Gasteiger partial charge in [-0.15, -0.1) is 0 Å². The van der Waals surface area contributed by atoms with Crippen LogP contribution in [0.2, 0.25) is 0 Å². The number of aryl methyl sites for hydroxylation is 1. The van der Waals surface area contributed by atoms with E-state index in [1.165, 1.54) is 24.3 Å². The van der Waals surface area contributed by atoms with Gasteiger partial charge in [0.05, 0.1) is 13.2 Å². The summed E-state index contributed by atoms with van der Waals surface area (Å²) in [6.45, 7) is 2.59. The Morgan fingerprint density at radius 2 is 2.26 bits per heavy atom. The molecule has 1 N–H and O–H groups in total. The van der Waals surface area contributed by atoms with Crippen molar-refractivity contribution in [3.63, 3.8) is 0 Å². The van der Waals surface area contributed by atoms with Gasteiger partial charge in [-0.1, -0.05) is 29.8 Å². The number of carbonyl (C=O) groups is 1. The number of hydrogen-bond acceptors (Lipinski definition) is 4. The molecule has 1 heterocycles. The lowest BCUT2D eigenvalue weighted by Crippen LogP contribution is -2.25. The van der Waals surface area contributed by atoms with Crippen molar-refractivity contribution in [3.05, 3.63) is 47.2 Å². The van der Waals surface area contributed by atoms with Gasteiger partial charge in [0.2, 0.25) is 5.76 Å². The number of methoxy groups -OCH3 is 1. The smallest absolute Gasteiger partial charge is 0.290 e. The van der Waals surface area contributed by atoms with Crippen LogP contribution in [-0.4, -0.2) is 24.7 Å². The first-order valence-electron chi connectivity index (χ1n) is 6.03. The Hall–Kier alpha value is -2.30. The van der Waals surface area contributed by atoms with Gasteiger partial charge in [0.1, 0.15) is 0 Å². The molecule has 0 radical (unpaired) electrons. The SMILES string of the molecule is COc1cc(C(=O)NCCc2cccc(C)c2)on1. The number of rotatable bonds is 5. The molecular weight excluding hydrogens is 244 g/mol. The number of aromatic nitrogens is 1. The monoisotopic (exact) mass is 260 g/mol. The summed E-state index contributed by atoms with van der Waals surface area (Å²) in [5.74, 6) is 0.161. The van der Waals surface area contributed by atoms with E-state index < -0.39 is 0 Å². The van der Waals surface area contributed by atoms with Crippen LogP contribution in [-0.2, 0) is 6.42 Å². The standard InChI is InChI=1S/C14H16N2O3/c1-10-4-3-5-11(8-10)6-7-15-14(17)12-9-13(18-2)16-19-12/h3-5,8-9H,6-7H2,1-2H3,(H,15,17). The molecule has 5 heteroatoms. The molecule has 19 heavy (non-hydrogen) atoms. The second-order valence-corrected chi connectivity index (χ2v) is 4.23. The third kappa shape index (κ3) is 3.58. The molecule has 1 amide bonds. The quantitative estimate of drug-likeness (QED) is 0.892. The Morgan fingerprint density at radius 1 is 1.42 bits per heavy atom. The van der Waals surface area contributed by atoms with Gasteiger partial charge in [0.15, 0.2) is 0 Å². The van der Waals surface area contributed by atoms with Gasteiger partial charge in [0.25, 0.3) is 11.8 Å². The lowest BCUT2D eigenvalue weighted by atomic mass is 10.1. The van der Waals surface area contributed by atoms with Crippen molar-refractivity contribution in [2.45, 2.75) is 13.3 Å². The maximum absolute atomic E-state index is 11.7. The topological polar surface area (TPSA) is 64.4 Å². The summed E-state index contributed by atoms with van der Waals surface area (Å²) in [5.41, 5.74) is 2.40. The summed E-state index contributed by atoms with van der Waals surface area (Å²) in [6.07, 6.45) is 0.776. The van der Waals surface area contributed by atoms with E-state index >= 15 is 0 Å². The van der Waals surface area contributed by atoms with Gasteiger partial charge in [-0.05, 0) is 24.1 Å². The minimum Gasteiger partial charge on any atom is -0.479 e. The predicted molar refractivity (Wildman–Crippen MR) is 70.3 cm³/mol. The van der Waals surface area contributed by atoms with Gasteiger partial charge in [-0.25, -0.2) is 0 Å². The highest BCUT2D eigenvalue weighted by molar-refractivity contribution is 5.91. The average Bonchev–Trinajstić information content (AvgIpc) is 2.87. The first-order valence-corrected chi connectivity index (χ1v) is 6.03. The Labute approximate surface area is 111 Å². The van der Waals surface area contributed by atoms with Crippen molar-refractivity contribution in [2.75, 3.05) is 13.7 Å². The summed E-state index contributed by atoms with van der Waals surface area (Å²) in [4.78, 5) is 11.7. The molecule has 0 atom stereocenters. The van der Waals surface area contributed by atoms with Crippen LogP contribution in [0.3, 0.4) is 0 Å². The summed E-state index contributed by atoms with van der Waals surface area (Å²) in [7, 11) is 1.47. The van der Waals surface area contributed by atoms with E-state index in [9.17, 15) is 4.79 Å². The third-order valence-electron chi connectivity index (χ3n) is 2.70. The second-order valence-electron chi connectivity index (χ2n) is 4.23. The minimum atomic E-state index is -0.288. The summed E-state index contributed by atoms with van der Waals surface area (Å²) in [5, 5.41) is 6.35. The third-order valence-corrected chi connectivity index (χ3v) is 2.70. The van der Waals surface area contributed by atoms with Crippen molar-refractivity contribution in [3.8, 4) is 5.88 Å². The Morgan fingerprint density at radius 3 is 2.95 bits per heavy atom. The predicted octanol–water partition coefficient (Wildman–Crippen LogP) is 1.96. The van der Waals surface area contributed by atoms with Crippen LogP contribution in [0.25, 0.3) is 0 Å². The molecule has 1 aromatic heterocycles. The lowest BCUT2D eigenvalue weighted by molar-refractivity contribution is 0.0917. The fourth-order valence-electron chi connectivity index (χ4n) is 1.74. The zero-order valence-corrected chi connectivity index (χ0v) is 11.0. The molecule has 0 saturated heterocycles. The molecule has 2 rings (SSSR count). The van der Waals surface area contributed by atoms with Crippen molar-refractivity contribution in [1.29, 1.82) is 0 Å². The van der Waals surface area contributed by atoms with Gasteiger partial charge in [-0.3, -0.25) is 4.79 Å². The Kier molecular flexibility index (Phi) is 4.18. The first-order chi connectivity index (χ1) is 9.19. The maximum Gasteiger partial charge on any atom is 0.290 e. The summed E-state index contributed by atoms with van der Waals surface area (Å²) in [6, 6.07) is 9.65. The van der Waals surface area contributed by atoms with Crippen molar-refractivity contribution >= 4 is 5.91 Å². The zero-order valence-electron chi connectivity index (χ0n) is 11.0. The number of ether oxygens (including phenoxy) is 1. The Bertz CT molecular complexity index is 563. The maximum atomic E-state index is 11.7. The van der Waals surface area contributed by atoms with Gasteiger partial charge >= 0.3 is 0 Å². The fraction of sp³-hybridized carbons (Fsp3) is 0.286. The number of hydrogen-bond donors (Lipinski definition) is 1. The molecule has 1 aromatic carbocycles. The lowest BCUT2D eigenvalue weighted by Gasteiger charge is -2.03. The fourth-order valence-corrected chi connectivity index (χ4v) is 1.74. The highest BCUT2D eigenvalue weighted by Gasteiger charge is 2.12. The highest BCUT2D eigenvalue weighted by Crippen LogP contribution is 2.10. The highest BCUT2D eigenvalue weighted by atomic mass is 16.5. The number of benzene rings is 1. The first kappa shape index (κ1) is 13.1. The Balaban J connectivity index is 1.84. The molecule has 0 fully saturated rings. The molecule has 0 bridgehead atoms. The molecule has 0 spiro atoms. The molecule has 0 aliphatic carbocycles. The van der Waals surface area contributed by atoms with E-state index in [1.807, 2.05) is 25.1 Å². The molecule has 0 aliphatic heterocycles. The van der Waals surface area contributed by atoms with E-state index in [1.54, 1.807) is 0 Å². The number of carbonyl (C=O) groups excluding carboxylic acids is 1. The molecule has 0 aliphatic rings. The van der Waals surface area contributed by atoms with Crippen LogP contribution in [0, 0.1) is 6.92 Å². The molecular formula is C14H16N2O3. The van der Waals surface area contributed by atoms with Gasteiger partial charge in [-0.2, -0.15) is 0 Å². The molecule has 5 nitrogen and oxygen atoms in total. The van der Waals surface area contributed by atoms with Crippen molar-refractivity contribution in [1.82, 2.24) is 10.5 Å². The largest absolute Gasteiger partial charge is 0.479 e. The van der Waals surface area contributed by atoms with Crippen LogP contribution in [0.4, 0.5) is 0 Å². The van der Waals surface area contributed by atoms with Crippen LogP contribution in [0.1, 0.15) is 21.7 Å². The van der Waals surface area contributed by atoms with Gasteiger partial charge < -0.3 is 14.6 Å². The van der Waals surface area contributed by atoms with Crippen LogP contribution in [0.5, 0.6) is 5.88 Å². The van der Waals surface area contributed by atoms with Crippen LogP contribution < -0.4 is 10.1 Å². The number of nitrogens with zero attached hydrogens (tertiary/aromatic N) is 1. The molecule has 0 unspecified atom stereocenters. The van der Waals surface area contributed by atoms with E-state index in [0.717, 1.165) is 6.42 Å². The normalized spacial score (nSPS) is 10.2. The van der Waals surface area contributed by atoms with E-state index in [-0.39, 0.29) is 11.7 Å². The van der Waals surface area contributed by atoms with Crippen LogP contribution >= 0.6 is 0 Å². The van der Waals surface area contributed by atoms with Crippen molar-refractivity contribution < 1.29 is 14.1 Å². The summed E-state index contributed by atoms with van der Waals surface area (Å²) >= 11 is 0. The number of nitrogens with one attached hydrogen (secondary N) is 1. The average molecular weight is 260 g/mol. The molecule has 0 saturated carbocycles. The molecule has 2 aromatic rings. The van der Waals surface area contributed by atoms with Crippen molar-refractivity contribution in [2.24, 2.45) is 0 Å². The minimum absolute atomic E-state index is 0.154. The van der Waals surface area contributed by atoms with E-state index in [0.29, 0.717) is 12.4 Å². The van der Waals surface area contributed by atoms with E-state index in [2.05, 4.69) is 16.5 Å². The van der Waals surface area contributed by atoms with E-state index in [4.69, 9.17) is 9.26 Å².